The van der Waals surface area contributed by atoms with Crippen LogP contribution in [-0.4, -0.2) is 171 Å². The molecule has 22 nitrogen and oxygen atoms in total. The van der Waals surface area contributed by atoms with Gasteiger partial charge >= 0.3 is 20.8 Å². The molecule has 0 amide bonds. The van der Waals surface area contributed by atoms with Gasteiger partial charge < -0.3 is 72.1 Å². The zero-order valence-electron chi connectivity index (χ0n) is 23.8. The predicted octanol–water partition coefficient (Wildman–Crippen LogP) is -6.92. The molecule has 1 saturated carbocycles. The number of nitrogens with two attached hydrogens (primary N) is 3. The Morgan fingerprint density at radius 1 is 0.841 bits per heavy atom. The molecule has 15 atom stereocenters. The monoisotopic (exact) mass is 692 g/mol. The first-order valence-electron chi connectivity index (χ1n) is 12.8. The first-order valence-corrected chi connectivity index (χ1v) is 15.6. The van der Waals surface area contributed by atoms with Crippen molar-refractivity contribution in [3.63, 3.8) is 0 Å². The van der Waals surface area contributed by atoms with E-state index < -0.39 is 112 Å². The van der Waals surface area contributed by atoms with Crippen LogP contribution in [-0.2, 0) is 39.7 Å². The second-order valence-corrected chi connectivity index (χ2v) is 12.5. The number of hydrogen-bond acceptors (Lipinski definition) is 18. The molecule has 24 heteroatoms. The van der Waals surface area contributed by atoms with E-state index in [9.17, 15) is 30.6 Å². The zero-order valence-corrected chi connectivity index (χ0v) is 25.4. The normalized spacial score (nSPS) is 44.0. The minimum absolute atomic E-state index is 0.135. The maximum Gasteiger partial charge on any atom is 0.394 e. The number of ether oxygens (including phenoxy) is 4. The highest BCUT2D eigenvalue weighted by Crippen LogP contribution is 2.32. The smallest absolute Gasteiger partial charge is 0.391 e. The van der Waals surface area contributed by atoms with Crippen LogP contribution >= 0.6 is 0 Å². The van der Waals surface area contributed by atoms with Crippen molar-refractivity contribution in [2.75, 3.05) is 13.7 Å². The lowest BCUT2D eigenvalue weighted by Crippen LogP contribution is -2.69. The van der Waals surface area contributed by atoms with Gasteiger partial charge in [0.05, 0.1) is 24.8 Å². The quantitative estimate of drug-likeness (QED) is 0.115. The zero-order chi connectivity index (χ0) is 34.5. The van der Waals surface area contributed by atoms with Crippen LogP contribution in [0.5, 0.6) is 0 Å². The Morgan fingerprint density at radius 3 is 1.68 bits per heavy atom. The molecular weight excluding hydrogens is 648 g/mol. The van der Waals surface area contributed by atoms with E-state index in [1.54, 1.807) is 7.05 Å². The maximum atomic E-state index is 11.1. The summed E-state index contributed by atoms with van der Waals surface area (Å²) in [5.41, 5.74) is 17.0. The molecule has 0 unspecified atom stereocenters. The molecule has 3 fully saturated rings. The molecule has 3 rings (SSSR count). The van der Waals surface area contributed by atoms with Crippen LogP contribution in [0, 0.1) is 0 Å². The Kier molecular flexibility index (Phi) is 15.3. The average Bonchev–Trinajstić information content (AvgIpc) is 2.83. The Bertz CT molecular complexity index is 1050. The summed E-state index contributed by atoms with van der Waals surface area (Å²) >= 11 is 0. The standard InChI is InChI=1S/C20H40N4O10.2H2O4S/c1-6(25)14-11(27)10(26)9(23)18(32-14)33-15-7(21)4-8(22)16(12(15)28)34-19-13(29)17(24-3)20(2,30)5-31-19;2*1-5(2,3)4/h6-19,24-30H,4-5,21-23H2,1-3H3;2*(H2,1,2,3,4)/t6-,7+,8-,9-,10+,11+,12+,13-,14+,15-,16+,17-,18-,19-,20+;;/m1../s1. The van der Waals surface area contributed by atoms with E-state index in [0.717, 1.165) is 0 Å². The minimum atomic E-state index is -4.67. The van der Waals surface area contributed by atoms with Crippen molar-refractivity contribution in [2.45, 2.75) is 111 Å². The maximum absolute atomic E-state index is 11.1. The minimum Gasteiger partial charge on any atom is -0.391 e. The van der Waals surface area contributed by atoms with Gasteiger partial charge in [0.1, 0.15) is 48.3 Å². The van der Waals surface area contributed by atoms with Crippen LogP contribution in [0.15, 0.2) is 0 Å². The molecule has 0 spiro atoms. The van der Waals surface area contributed by atoms with Crippen LogP contribution < -0.4 is 22.5 Å². The van der Waals surface area contributed by atoms with Gasteiger partial charge in [0, 0.05) is 12.1 Å². The number of nitrogens with one attached hydrogen (secondary N) is 1. The van der Waals surface area contributed by atoms with Crippen molar-refractivity contribution < 1.29 is 84.6 Å². The first-order chi connectivity index (χ1) is 19.8. The number of aliphatic hydroxyl groups excluding tert-OH is 5. The SMILES string of the molecule is CN[C@@H]1[C@@H](O)[C@@H](O[C@@H]2[C@@H](O)[C@H](O[C@H]3O[C@@H]([C@@H](C)O)[C@@H](O)[C@@H](O)[C@H]3N)[C@@H](N)C[C@H]2N)OC[C@]1(C)O.O=S(=O)(O)O.O=S(=O)(O)O. The summed E-state index contributed by atoms with van der Waals surface area (Å²) in [6.45, 7) is 2.75. The Labute approximate surface area is 253 Å². The molecule has 0 bridgehead atoms. The summed E-state index contributed by atoms with van der Waals surface area (Å²) in [6, 6.07) is -3.47. The van der Waals surface area contributed by atoms with Crippen molar-refractivity contribution in [3.05, 3.63) is 0 Å². The van der Waals surface area contributed by atoms with Crippen molar-refractivity contribution in [1.82, 2.24) is 5.32 Å². The fourth-order valence-electron chi connectivity index (χ4n) is 4.95. The molecule has 0 radical (unpaired) electrons. The van der Waals surface area contributed by atoms with E-state index in [4.69, 9.17) is 71.2 Å². The number of likely N-dealkylation sites (N-methyl/N-ethyl adjacent to an activating group) is 1. The van der Waals surface area contributed by atoms with Crippen LogP contribution in [0.25, 0.3) is 0 Å². The fraction of sp³-hybridized carbons (Fsp3) is 1.00. The lowest BCUT2D eigenvalue weighted by Gasteiger charge is -2.49. The third-order valence-electron chi connectivity index (χ3n) is 6.95. The van der Waals surface area contributed by atoms with Gasteiger partial charge in [-0.05, 0) is 27.3 Å². The van der Waals surface area contributed by atoms with Gasteiger partial charge in [-0.2, -0.15) is 16.8 Å². The highest BCUT2D eigenvalue weighted by Gasteiger charge is 2.52. The van der Waals surface area contributed by atoms with E-state index in [2.05, 4.69) is 5.32 Å². The molecule has 44 heavy (non-hydrogen) atoms. The molecule has 264 valence electrons. The van der Waals surface area contributed by atoms with E-state index in [1.807, 2.05) is 0 Å². The number of rotatable bonds is 6. The van der Waals surface area contributed by atoms with Gasteiger partial charge in [0.2, 0.25) is 0 Å². The first kappa shape index (κ1) is 41.2. The van der Waals surface area contributed by atoms with E-state index in [1.165, 1.54) is 13.8 Å². The third kappa shape index (κ3) is 12.4. The highest BCUT2D eigenvalue weighted by atomic mass is 32.3. The lowest BCUT2D eigenvalue weighted by atomic mass is 9.84. The fourth-order valence-corrected chi connectivity index (χ4v) is 4.95. The van der Waals surface area contributed by atoms with Gasteiger partial charge in [-0.25, -0.2) is 0 Å². The molecule has 1 aliphatic carbocycles. The largest absolute Gasteiger partial charge is 0.394 e. The molecule has 0 aromatic carbocycles. The summed E-state index contributed by atoms with van der Waals surface area (Å²) in [7, 11) is -7.76. The molecule has 2 heterocycles. The summed E-state index contributed by atoms with van der Waals surface area (Å²) in [5.74, 6) is 0. The summed E-state index contributed by atoms with van der Waals surface area (Å²) in [6.07, 6.45) is -12.4. The molecule has 17 N–H and O–H groups in total. The summed E-state index contributed by atoms with van der Waals surface area (Å²) in [5, 5.41) is 65.2. The predicted molar refractivity (Wildman–Crippen MR) is 144 cm³/mol. The van der Waals surface area contributed by atoms with Crippen molar-refractivity contribution in [1.29, 1.82) is 0 Å². The molecule has 0 aromatic heterocycles. The number of hydrogen-bond donors (Lipinski definition) is 14. The Balaban J connectivity index is 0.000000837. The van der Waals surface area contributed by atoms with Crippen molar-refractivity contribution in [3.8, 4) is 0 Å². The number of aliphatic hydroxyl groups is 6. The third-order valence-corrected chi connectivity index (χ3v) is 6.95. The van der Waals surface area contributed by atoms with Crippen LogP contribution in [0.4, 0.5) is 0 Å². The second-order valence-electron chi connectivity index (χ2n) is 10.7. The van der Waals surface area contributed by atoms with Gasteiger partial charge in [0.15, 0.2) is 12.6 Å². The van der Waals surface area contributed by atoms with Gasteiger partial charge in [0.25, 0.3) is 0 Å². The van der Waals surface area contributed by atoms with E-state index in [0.29, 0.717) is 0 Å². The van der Waals surface area contributed by atoms with Crippen LogP contribution in [0.2, 0.25) is 0 Å². The molecule has 2 aliphatic heterocycles. The second kappa shape index (κ2) is 16.3. The lowest BCUT2D eigenvalue weighted by molar-refractivity contribution is -0.319. The summed E-state index contributed by atoms with van der Waals surface area (Å²) < 4.78 is 85.9. The van der Waals surface area contributed by atoms with Gasteiger partial charge in [-0.3, -0.25) is 18.2 Å². The molecule has 2 saturated heterocycles. The topological polar surface area (TPSA) is 398 Å². The van der Waals surface area contributed by atoms with Crippen LogP contribution in [0.1, 0.15) is 20.3 Å². The molecule has 0 aromatic rings. The van der Waals surface area contributed by atoms with E-state index >= 15 is 0 Å². The van der Waals surface area contributed by atoms with Crippen molar-refractivity contribution in [2.24, 2.45) is 17.2 Å². The molecule has 3 aliphatic rings. The van der Waals surface area contributed by atoms with Gasteiger partial charge in [-0.15, -0.1) is 0 Å². The average molecular weight is 693 g/mol. The van der Waals surface area contributed by atoms with E-state index in [-0.39, 0.29) is 13.0 Å². The Hall–Kier alpha value is -0.820. The van der Waals surface area contributed by atoms with Crippen LogP contribution in [0.3, 0.4) is 0 Å². The highest BCUT2D eigenvalue weighted by molar-refractivity contribution is 7.80. The molecular formula is C20H44N4O18S2. The summed E-state index contributed by atoms with van der Waals surface area (Å²) in [4.78, 5) is 0. The Morgan fingerprint density at radius 2 is 1.27 bits per heavy atom. The van der Waals surface area contributed by atoms with Crippen molar-refractivity contribution >= 4 is 20.8 Å². The van der Waals surface area contributed by atoms with Gasteiger partial charge in [-0.1, -0.05) is 0 Å².